The van der Waals surface area contributed by atoms with Crippen LogP contribution in [0.3, 0.4) is 0 Å². The first kappa shape index (κ1) is 21.4. The van der Waals surface area contributed by atoms with Gasteiger partial charge in [-0.1, -0.05) is 36.4 Å². The summed E-state index contributed by atoms with van der Waals surface area (Å²) in [5, 5.41) is 0. The van der Waals surface area contributed by atoms with Gasteiger partial charge in [-0.25, -0.2) is 0 Å². The third-order valence-electron chi connectivity index (χ3n) is 4.13. The number of hydrogen-bond donors (Lipinski definition) is 0. The van der Waals surface area contributed by atoms with Gasteiger partial charge in [0.15, 0.2) is 23.0 Å². The molecule has 0 fully saturated rings. The van der Waals surface area contributed by atoms with Crippen LogP contribution in [0.15, 0.2) is 48.6 Å². The zero-order chi connectivity index (χ0) is 20.4. The van der Waals surface area contributed by atoms with Crippen molar-refractivity contribution in [1.29, 1.82) is 0 Å². The SMILES string of the molecule is CCOC(C=Cc1ccc(OC)c(OC)c1)C=Cc1ccc(OC)c(OC)c1. The monoisotopic (exact) mass is 384 g/mol. The molecule has 0 aliphatic heterocycles. The summed E-state index contributed by atoms with van der Waals surface area (Å²) in [5.41, 5.74) is 2.00. The van der Waals surface area contributed by atoms with Crippen molar-refractivity contribution in [2.24, 2.45) is 0 Å². The Labute approximate surface area is 167 Å². The fourth-order valence-corrected chi connectivity index (χ4v) is 2.69. The van der Waals surface area contributed by atoms with Gasteiger partial charge in [0.1, 0.15) is 0 Å². The zero-order valence-electron chi connectivity index (χ0n) is 17.1. The lowest BCUT2D eigenvalue weighted by Gasteiger charge is -2.10. The predicted octanol–water partition coefficient (Wildman–Crippen LogP) is 4.85. The standard InChI is InChI=1S/C23H28O5/c1-6-28-19(11-7-17-9-13-20(24-2)22(15-17)26-4)12-8-18-10-14-21(25-3)23(16-18)27-5/h7-16,19H,6H2,1-5H3. The van der Waals surface area contributed by atoms with Crippen molar-refractivity contribution < 1.29 is 23.7 Å². The van der Waals surface area contributed by atoms with Crippen molar-refractivity contribution in [2.45, 2.75) is 13.0 Å². The van der Waals surface area contributed by atoms with Crippen molar-refractivity contribution in [3.05, 3.63) is 59.7 Å². The second-order valence-corrected chi connectivity index (χ2v) is 5.87. The van der Waals surface area contributed by atoms with E-state index in [9.17, 15) is 0 Å². The van der Waals surface area contributed by atoms with E-state index < -0.39 is 0 Å². The van der Waals surface area contributed by atoms with Crippen LogP contribution in [0.25, 0.3) is 12.2 Å². The number of ether oxygens (including phenoxy) is 5. The quantitative estimate of drug-likeness (QED) is 0.586. The van der Waals surface area contributed by atoms with Gasteiger partial charge in [0, 0.05) is 6.61 Å². The summed E-state index contributed by atoms with van der Waals surface area (Å²) in [4.78, 5) is 0. The maximum atomic E-state index is 5.80. The highest BCUT2D eigenvalue weighted by Gasteiger charge is 2.05. The Morgan fingerprint density at radius 2 is 1.11 bits per heavy atom. The van der Waals surface area contributed by atoms with E-state index in [2.05, 4.69) is 0 Å². The molecule has 0 aliphatic carbocycles. The summed E-state index contributed by atoms with van der Waals surface area (Å²) in [7, 11) is 6.50. The van der Waals surface area contributed by atoms with Gasteiger partial charge >= 0.3 is 0 Å². The summed E-state index contributed by atoms with van der Waals surface area (Å²) >= 11 is 0. The van der Waals surface area contributed by atoms with Crippen LogP contribution >= 0.6 is 0 Å². The third kappa shape index (κ3) is 5.79. The summed E-state index contributed by atoms with van der Waals surface area (Å²) in [6.45, 7) is 2.58. The molecule has 0 heterocycles. The van der Waals surface area contributed by atoms with Crippen LogP contribution in [0.5, 0.6) is 23.0 Å². The maximum absolute atomic E-state index is 5.80. The first-order valence-electron chi connectivity index (χ1n) is 9.07. The Kier molecular flexibility index (Phi) is 8.43. The number of hydrogen-bond acceptors (Lipinski definition) is 5. The molecule has 0 aliphatic rings. The largest absolute Gasteiger partial charge is 0.493 e. The fourth-order valence-electron chi connectivity index (χ4n) is 2.69. The molecule has 150 valence electrons. The van der Waals surface area contributed by atoms with Gasteiger partial charge in [-0.15, -0.1) is 0 Å². The average molecular weight is 384 g/mol. The van der Waals surface area contributed by atoms with Crippen LogP contribution in [-0.2, 0) is 4.74 Å². The van der Waals surface area contributed by atoms with Gasteiger partial charge in [0.25, 0.3) is 0 Å². The maximum Gasteiger partial charge on any atom is 0.161 e. The average Bonchev–Trinajstić information content (AvgIpc) is 2.75. The molecule has 0 atom stereocenters. The fraction of sp³-hybridized carbons (Fsp3) is 0.304. The predicted molar refractivity (Wildman–Crippen MR) is 113 cm³/mol. The Morgan fingerprint density at radius 3 is 1.46 bits per heavy atom. The van der Waals surface area contributed by atoms with E-state index >= 15 is 0 Å². The van der Waals surface area contributed by atoms with E-state index in [4.69, 9.17) is 23.7 Å². The van der Waals surface area contributed by atoms with Crippen LogP contribution < -0.4 is 18.9 Å². The van der Waals surface area contributed by atoms with E-state index in [0.29, 0.717) is 29.6 Å². The molecular formula is C23H28O5. The van der Waals surface area contributed by atoms with E-state index in [1.165, 1.54) is 0 Å². The van der Waals surface area contributed by atoms with E-state index in [-0.39, 0.29) is 6.10 Å². The molecule has 5 heteroatoms. The first-order valence-corrected chi connectivity index (χ1v) is 9.07. The second-order valence-electron chi connectivity index (χ2n) is 5.87. The molecule has 0 radical (unpaired) electrons. The van der Waals surface area contributed by atoms with Gasteiger partial charge in [-0.3, -0.25) is 0 Å². The lowest BCUT2D eigenvalue weighted by atomic mass is 10.1. The number of benzene rings is 2. The molecule has 0 amide bonds. The molecule has 2 aromatic rings. The lowest BCUT2D eigenvalue weighted by Crippen LogP contribution is -2.05. The van der Waals surface area contributed by atoms with Crippen LogP contribution in [0, 0.1) is 0 Å². The van der Waals surface area contributed by atoms with Crippen molar-refractivity contribution in [3.63, 3.8) is 0 Å². The zero-order valence-corrected chi connectivity index (χ0v) is 17.1. The van der Waals surface area contributed by atoms with Gasteiger partial charge in [0.05, 0.1) is 34.5 Å². The molecule has 2 rings (SSSR count). The molecule has 2 aromatic carbocycles. The Hall–Kier alpha value is -2.92. The molecule has 0 N–H and O–H groups in total. The van der Waals surface area contributed by atoms with Gasteiger partial charge in [0.2, 0.25) is 0 Å². The highest BCUT2D eigenvalue weighted by atomic mass is 16.5. The van der Waals surface area contributed by atoms with Gasteiger partial charge in [-0.2, -0.15) is 0 Å². The van der Waals surface area contributed by atoms with Crippen LogP contribution in [0.1, 0.15) is 18.1 Å². The van der Waals surface area contributed by atoms with Crippen LogP contribution in [0.4, 0.5) is 0 Å². The van der Waals surface area contributed by atoms with Crippen molar-refractivity contribution in [3.8, 4) is 23.0 Å². The molecule has 0 bridgehead atoms. The van der Waals surface area contributed by atoms with Crippen molar-refractivity contribution in [1.82, 2.24) is 0 Å². The normalized spacial score (nSPS) is 12.3. The number of rotatable bonds is 10. The molecule has 0 saturated carbocycles. The smallest absolute Gasteiger partial charge is 0.161 e. The Morgan fingerprint density at radius 1 is 0.679 bits per heavy atom. The minimum atomic E-state index is -0.161. The topological polar surface area (TPSA) is 46.2 Å². The van der Waals surface area contributed by atoms with Gasteiger partial charge < -0.3 is 23.7 Å². The van der Waals surface area contributed by atoms with Crippen molar-refractivity contribution >= 4 is 12.2 Å². The molecule has 0 unspecified atom stereocenters. The minimum Gasteiger partial charge on any atom is -0.493 e. The summed E-state index contributed by atoms with van der Waals surface area (Å²) in [6.07, 6.45) is 7.85. The van der Waals surface area contributed by atoms with E-state index in [1.807, 2.05) is 67.6 Å². The second kappa shape index (κ2) is 11.0. The summed E-state index contributed by atoms with van der Waals surface area (Å²) in [6, 6.07) is 11.6. The van der Waals surface area contributed by atoms with Crippen LogP contribution in [0.2, 0.25) is 0 Å². The van der Waals surface area contributed by atoms with E-state index in [1.54, 1.807) is 28.4 Å². The molecule has 5 nitrogen and oxygen atoms in total. The van der Waals surface area contributed by atoms with Crippen LogP contribution in [-0.4, -0.2) is 41.2 Å². The Balaban J connectivity index is 2.17. The highest BCUT2D eigenvalue weighted by molar-refractivity contribution is 5.59. The summed E-state index contributed by atoms with van der Waals surface area (Å²) < 4.78 is 27.1. The van der Waals surface area contributed by atoms with Crippen molar-refractivity contribution in [2.75, 3.05) is 35.0 Å². The minimum absolute atomic E-state index is 0.161. The lowest BCUT2D eigenvalue weighted by molar-refractivity contribution is 0.129. The number of methoxy groups -OCH3 is 4. The molecule has 0 spiro atoms. The molecule has 28 heavy (non-hydrogen) atoms. The highest BCUT2D eigenvalue weighted by Crippen LogP contribution is 2.29. The summed E-state index contributed by atoms with van der Waals surface area (Å²) in [5.74, 6) is 2.79. The first-order chi connectivity index (χ1) is 13.6. The van der Waals surface area contributed by atoms with Gasteiger partial charge in [-0.05, 0) is 42.3 Å². The molecule has 0 saturated heterocycles. The third-order valence-corrected chi connectivity index (χ3v) is 4.13. The Bertz CT molecular complexity index is 745. The van der Waals surface area contributed by atoms with E-state index in [0.717, 1.165) is 11.1 Å². The molecule has 0 aromatic heterocycles. The molecular weight excluding hydrogens is 356 g/mol.